The van der Waals surface area contributed by atoms with Crippen molar-refractivity contribution in [1.29, 1.82) is 0 Å². The van der Waals surface area contributed by atoms with Crippen molar-refractivity contribution in [2.75, 3.05) is 19.0 Å². The highest BCUT2D eigenvalue weighted by molar-refractivity contribution is 6.05. The summed E-state index contributed by atoms with van der Waals surface area (Å²) < 4.78 is 22.6. The van der Waals surface area contributed by atoms with Crippen LogP contribution in [0, 0.1) is 0 Å². The first-order chi connectivity index (χ1) is 13.4. The van der Waals surface area contributed by atoms with Gasteiger partial charge in [0, 0.05) is 23.6 Å². The van der Waals surface area contributed by atoms with E-state index >= 15 is 0 Å². The maximum absolute atomic E-state index is 12.8. The number of hydrogen-bond donors (Lipinski definition) is 1. The van der Waals surface area contributed by atoms with E-state index in [1.807, 2.05) is 39.8 Å². The third-order valence-corrected chi connectivity index (χ3v) is 4.33. The van der Waals surface area contributed by atoms with Crippen LogP contribution < -0.4 is 24.3 Å². The minimum Gasteiger partial charge on any atom is -0.493 e. The maximum atomic E-state index is 12.8. The van der Waals surface area contributed by atoms with Crippen LogP contribution in [0.3, 0.4) is 0 Å². The molecule has 2 aromatic carbocycles. The monoisotopic (exact) mass is 385 g/mol. The number of amides is 1. The van der Waals surface area contributed by atoms with E-state index < -0.39 is 0 Å². The lowest BCUT2D eigenvalue weighted by atomic mass is 10.1. The van der Waals surface area contributed by atoms with Crippen molar-refractivity contribution in [2.45, 2.75) is 46.3 Å². The minimum atomic E-state index is -0.263. The lowest BCUT2D eigenvalue weighted by Crippen LogP contribution is -2.14. The predicted octanol–water partition coefficient (Wildman–Crippen LogP) is 4.46. The van der Waals surface area contributed by atoms with Crippen molar-refractivity contribution in [2.24, 2.45) is 0 Å². The van der Waals surface area contributed by atoms with Gasteiger partial charge >= 0.3 is 0 Å². The molecule has 0 spiro atoms. The first-order valence-electron chi connectivity index (χ1n) is 9.53. The highest BCUT2D eigenvalue weighted by atomic mass is 16.5. The van der Waals surface area contributed by atoms with Gasteiger partial charge in [-0.05, 0) is 52.0 Å². The van der Waals surface area contributed by atoms with Crippen LogP contribution in [0.1, 0.15) is 43.6 Å². The van der Waals surface area contributed by atoms with E-state index in [1.54, 1.807) is 25.3 Å². The molecule has 1 heterocycles. The molecule has 1 N–H and O–H groups in total. The Morgan fingerprint density at radius 2 is 2.00 bits per heavy atom. The van der Waals surface area contributed by atoms with Crippen LogP contribution >= 0.6 is 0 Å². The smallest absolute Gasteiger partial charge is 0.255 e. The number of carbonyl (C=O) groups is 1. The number of hydrogen-bond acceptors (Lipinski definition) is 5. The first kappa shape index (κ1) is 19.9. The quantitative estimate of drug-likeness (QED) is 0.762. The van der Waals surface area contributed by atoms with Gasteiger partial charge in [0.05, 0.1) is 25.5 Å². The molecule has 2 aromatic rings. The number of ether oxygens (including phenoxy) is 4. The topological polar surface area (TPSA) is 66.0 Å². The molecule has 6 heteroatoms. The van der Waals surface area contributed by atoms with Crippen LogP contribution in [0.15, 0.2) is 30.3 Å². The number of anilines is 1. The minimum absolute atomic E-state index is 0.0103. The van der Waals surface area contributed by atoms with E-state index in [1.165, 1.54) is 0 Å². The van der Waals surface area contributed by atoms with E-state index in [2.05, 4.69) is 5.32 Å². The molecule has 0 aromatic heterocycles. The summed E-state index contributed by atoms with van der Waals surface area (Å²) in [5.41, 5.74) is 2.14. The van der Waals surface area contributed by atoms with E-state index in [-0.39, 0.29) is 18.1 Å². The van der Waals surface area contributed by atoms with Crippen molar-refractivity contribution in [3.8, 4) is 23.0 Å². The highest BCUT2D eigenvalue weighted by Crippen LogP contribution is 2.38. The second-order valence-corrected chi connectivity index (χ2v) is 7.01. The van der Waals surface area contributed by atoms with Crippen LogP contribution in [0.4, 0.5) is 5.69 Å². The van der Waals surface area contributed by atoms with Gasteiger partial charge in [0.15, 0.2) is 11.5 Å². The van der Waals surface area contributed by atoms with Crippen LogP contribution in [-0.4, -0.2) is 31.8 Å². The molecule has 28 heavy (non-hydrogen) atoms. The summed E-state index contributed by atoms with van der Waals surface area (Å²) in [7, 11) is 1.55. The van der Waals surface area contributed by atoms with Gasteiger partial charge in [0.25, 0.3) is 5.91 Å². The molecule has 150 valence electrons. The molecule has 6 nitrogen and oxygen atoms in total. The van der Waals surface area contributed by atoms with Gasteiger partial charge in [-0.25, -0.2) is 0 Å². The Bertz CT molecular complexity index is 862. The molecular weight excluding hydrogens is 358 g/mol. The van der Waals surface area contributed by atoms with Crippen LogP contribution in [0.2, 0.25) is 0 Å². The molecule has 1 aliphatic rings. The van der Waals surface area contributed by atoms with E-state index in [9.17, 15) is 4.79 Å². The standard InChI is InChI=1S/C22H27NO5/c1-6-26-20-11-16-9-14(4)28-19(16)12-17(20)23-22(24)15-7-8-18(27-13(2)3)21(10-15)25-5/h7-8,10-14H,6,9H2,1-5H3,(H,23,24). The van der Waals surface area contributed by atoms with Crippen LogP contribution in [0.5, 0.6) is 23.0 Å². The second kappa shape index (κ2) is 8.42. The Morgan fingerprint density at radius 1 is 1.21 bits per heavy atom. The lowest BCUT2D eigenvalue weighted by Gasteiger charge is -2.16. The number of rotatable bonds is 7. The predicted molar refractivity (Wildman–Crippen MR) is 108 cm³/mol. The first-order valence-corrected chi connectivity index (χ1v) is 9.53. The third kappa shape index (κ3) is 4.32. The van der Waals surface area contributed by atoms with E-state index in [0.717, 1.165) is 17.7 Å². The SMILES string of the molecule is CCOc1cc2c(cc1NC(=O)c1ccc(OC(C)C)c(OC)c1)OC(C)C2. The normalized spacial score (nSPS) is 15.0. The molecule has 0 bridgehead atoms. The zero-order valence-electron chi connectivity index (χ0n) is 17.0. The van der Waals surface area contributed by atoms with Gasteiger partial charge in [-0.2, -0.15) is 0 Å². The molecule has 0 saturated carbocycles. The molecule has 1 amide bonds. The van der Waals surface area contributed by atoms with Crippen LogP contribution in [0.25, 0.3) is 0 Å². The second-order valence-electron chi connectivity index (χ2n) is 7.01. The average molecular weight is 385 g/mol. The molecule has 1 aliphatic heterocycles. The van der Waals surface area contributed by atoms with Crippen molar-refractivity contribution >= 4 is 11.6 Å². The average Bonchev–Trinajstić information content (AvgIpc) is 3.00. The Labute approximate surface area is 165 Å². The summed E-state index contributed by atoms with van der Waals surface area (Å²) in [4.78, 5) is 12.8. The van der Waals surface area contributed by atoms with Gasteiger partial charge in [-0.3, -0.25) is 4.79 Å². The number of nitrogens with one attached hydrogen (secondary N) is 1. The summed E-state index contributed by atoms with van der Waals surface area (Å²) >= 11 is 0. The summed E-state index contributed by atoms with van der Waals surface area (Å²) in [6.45, 7) is 8.31. The van der Waals surface area contributed by atoms with Gasteiger partial charge < -0.3 is 24.3 Å². The summed E-state index contributed by atoms with van der Waals surface area (Å²) in [5, 5.41) is 2.93. The molecule has 1 unspecified atom stereocenters. The molecule has 0 aliphatic carbocycles. The molecule has 0 fully saturated rings. The Morgan fingerprint density at radius 3 is 2.68 bits per heavy atom. The summed E-state index contributed by atoms with van der Waals surface area (Å²) in [5.74, 6) is 2.27. The molecule has 1 atom stereocenters. The van der Waals surface area contributed by atoms with Crippen molar-refractivity contribution in [1.82, 2.24) is 0 Å². The van der Waals surface area contributed by atoms with Crippen molar-refractivity contribution in [3.63, 3.8) is 0 Å². The zero-order valence-corrected chi connectivity index (χ0v) is 17.0. The maximum Gasteiger partial charge on any atom is 0.255 e. The van der Waals surface area contributed by atoms with Gasteiger partial charge in [-0.15, -0.1) is 0 Å². The Hall–Kier alpha value is -2.89. The van der Waals surface area contributed by atoms with Crippen molar-refractivity contribution < 1.29 is 23.7 Å². The lowest BCUT2D eigenvalue weighted by molar-refractivity contribution is 0.102. The fourth-order valence-corrected chi connectivity index (χ4v) is 3.17. The van der Waals surface area contributed by atoms with Gasteiger partial charge in [0.2, 0.25) is 0 Å². The number of benzene rings is 2. The number of fused-ring (bicyclic) bond motifs is 1. The third-order valence-electron chi connectivity index (χ3n) is 4.33. The summed E-state index contributed by atoms with van der Waals surface area (Å²) in [6, 6.07) is 8.89. The number of methoxy groups -OCH3 is 1. The van der Waals surface area contributed by atoms with E-state index in [4.69, 9.17) is 18.9 Å². The molecule has 0 radical (unpaired) electrons. The zero-order chi connectivity index (χ0) is 20.3. The van der Waals surface area contributed by atoms with Gasteiger partial charge in [0.1, 0.15) is 17.6 Å². The number of carbonyl (C=O) groups excluding carboxylic acids is 1. The largest absolute Gasteiger partial charge is 0.493 e. The Kier molecular flexibility index (Phi) is 5.97. The molecular formula is C22H27NO5. The molecule has 0 saturated heterocycles. The Balaban J connectivity index is 1.85. The summed E-state index contributed by atoms with van der Waals surface area (Å²) in [6.07, 6.45) is 0.960. The molecule has 3 rings (SSSR count). The van der Waals surface area contributed by atoms with Crippen molar-refractivity contribution in [3.05, 3.63) is 41.5 Å². The van der Waals surface area contributed by atoms with Crippen LogP contribution in [-0.2, 0) is 6.42 Å². The fourth-order valence-electron chi connectivity index (χ4n) is 3.17. The van der Waals surface area contributed by atoms with E-state index in [0.29, 0.717) is 35.1 Å². The fraction of sp³-hybridized carbons (Fsp3) is 0.409. The van der Waals surface area contributed by atoms with Gasteiger partial charge in [-0.1, -0.05) is 0 Å². The highest BCUT2D eigenvalue weighted by Gasteiger charge is 2.23.